The molecular weight excluding hydrogens is 248 g/mol. The third-order valence-electron chi connectivity index (χ3n) is 3.62. The molecule has 0 bridgehead atoms. The van der Waals surface area contributed by atoms with Gasteiger partial charge in [-0.3, -0.25) is 9.59 Å². The van der Waals surface area contributed by atoms with E-state index in [1.807, 2.05) is 6.07 Å². The van der Waals surface area contributed by atoms with E-state index in [4.69, 9.17) is 10.00 Å². The van der Waals surface area contributed by atoms with E-state index in [1.54, 1.807) is 18.2 Å². The average Bonchev–Trinajstić information content (AvgIpc) is 2.65. The fourth-order valence-corrected chi connectivity index (χ4v) is 2.74. The molecule has 1 amide bonds. The number of ether oxygens (including phenoxy) is 1. The van der Waals surface area contributed by atoms with Crippen molar-refractivity contribution in [2.75, 3.05) is 18.1 Å². The van der Waals surface area contributed by atoms with Crippen molar-refractivity contribution in [3.63, 3.8) is 0 Å². The molecule has 1 aromatic carbocycles. The van der Waals surface area contributed by atoms with Crippen molar-refractivity contribution in [1.29, 1.82) is 5.26 Å². The lowest BCUT2D eigenvalue weighted by Crippen LogP contribution is -2.47. The van der Waals surface area contributed by atoms with E-state index in [2.05, 4.69) is 0 Å². The van der Waals surface area contributed by atoms with E-state index < -0.39 is 17.3 Å². The van der Waals surface area contributed by atoms with Gasteiger partial charge in [-0.2, -0.15) is 5.26 Å². The van der Waals surface area contributed by atoms with Crippen molar-refractivity contribution in [1.82, 2.24) is 0 Å². The Morgan fingerprint density at radius 3 is 3.05 bits per heavy atom. The molecular formula is C13H10N2O4. The summed E-state index contributed by atoms with van der Waals surface area (Å²) in [6.07, 6.45) is -0.381. The second kappa shape index (κ2) is 3.72. The zero-order valence-electron chi connectivity index (χ0n) is 9.92. The number of carboxylic acids is 1. The van der Waals surface area contributed by atoms with Crippen LogP contribution in [0.1, 0.15) is 12.0 Å². The van der Waals surface area contributed by atoms with Gasteiger partial charge in [0.15, 0.2) is 5.41 Å². The number of aliphatic carboxylic acids is 1. The summed E-state index contributed by atoms with van der Waals surface area (Å²) in [6, 6.07) is 6.74. The first-order valence-corrected chi connectivity index (χ1v) is 5.81. The van der Waals surface area contributed by atoms with Gasteiger partial charge in [0.25, 0.3) is 0 Å². The number of carbonyl (C=O) groups excluding carboxylic acids is 1. The van der Waals surface area contributed by atoms with E-state index in [-0.39, 0.29) is 6.42 Å². The zero-order chi connectivity index (χ0) is 13.6. The minimum Gasteiger partial charge on any atom is -0.490 e. The van der Waals surface area contributed by atoms with Crippen LogP contribution >= 0.6 is 0 Å². The summed E-state index contributed by atoms with van der Waals surface area (Å²) in [4.78, 5) is 25.5. The molecule has 2 heterocycles. The van der Waals surface area contributed by atoms with Gasteiger partial charge in [0, 0.05) is 5.56 Å². The van der Waals surface area contributed by atoms with Crippen LogP contribution in [-0.4, -0.2) is 30.1 Å². The number of nitrogens with zero attached hydrogens (tertiary/aromatic N) is 2. The lowest BCUT2D eigenvalue weighted by molar-refractivity contribution is -0.148. The number of benzene rings is 1. The molecule has 6 heteroatoms. The topological polar surface area (TPSA) is 90.6 Å². The predicted molar refractivity (Wildman–Crippen MR) is 63.8 cm³/mol. The molecule has 0 saturated carbocycles. The smallest absolute Gasteiger partial charge is 0.324 e. The van der Waals surface area contributed by atoms with Gasteiger partial charge in [0.2, 0.25) is 5.91 Å². The fourth-order valence-electron chi connectivity index (χ4n) is 2.74. The molecule has 3 rings (SSSR count). The van der Waals surface area contributed by atoms with Gasteiger partial charge in [0.05, 0.1) is 24.7 Å². The summed E-state index contributed by atoms with van der Waals surface area (Å²) in [5, 5.41) is 18.4. The first-order valence-electron chi connectivity index (χ1n) is 5.81. The predicted octanol–water partition coefficient (Wildman–Crippen LogP) is 0.662. The highest BCUT2D eigenvalue weighted by Crippen LogP contribution is 2.49. The van der Waals surface area contributed by atoms with Crippen molar-refractivity contribution < 1.29 is 19.4 Å². The number of carbonyl (C=O) groups is 2. The Hall–Kier alpha value is -2.55. The zero-order valence-corrected chi connectivity index (χ0v) is 9.92. The maximum atomic E-state index is 12.5. The normalized spacial score (nSPS) is 23.5. The number of hydrogen-bond donors (Lipinski definition) is 1. The van der Waals surface area contributed by atoms with Crippen LogP contribution in [0.2, 0.25) is 0 Å². The molecule has 96 valence electrons. The van der Waals surface area contributed by atoms with Crippen LogP contribution in [0.3, 0.4) is 0 Å². The van der Waals surface area contributed by atoms with Crippen LogP contribution in [0.25, 0.3) is 0 Å². The molecule has 2 aliphatic heterocycles. The molecule has 6 nitrogen and oxygen atoms in total. The Bertz CT molecular complexity index is 634. The van der Waals surface area contributed by atoms with Gasteiger partial charge >= 0.3 is 5.97 Å². The number of carboxylic acid groups (broad SMARTS) is 1. The Morgan fingerprint density at radius 1 is 1.58 bits per heavy atom. The van der Waals surface area contributed by atoms with Crippen LogP contribution in [0.4, 0.5) is 5.69 Å². The van der Waals surface area contributed by atoms with E-state index in [9.17, 15) is 14.7 Å². The Kier molecular flexibility index (Phi) is 2.26. The molecule has 1 aromatic rings. The number of para-hydroxylation sites is 1. The van der Waals surface area contributed by atoms with Gasteiger partial charge < -0.3 is 14.7 Å². The van der Waals surface area contributed by atoms with Crippen LogP contribution in [0, 0.1) is 11.3 Å². The van der Waals surface area contributed by atoms with Crippen LogP contribution in [0.15, 0.2) is 18.2 Å². The van der Waals surface area contributed by atoms with Gasteiger partial charge in [-0.15, -0.1) is 0 Å². The standard InChI is InChI=1S/C13H10N2O4/c14-5-4-13(12(17)18)8-2-1-3-9-10(8)15(11(13)16)6-7-19-9/h1-3H,4,6-7H2,(H,17,18). The third-order valence-corrected chi connectivity index (χ3v) is 3.62. The number of amides is 1. The molecule has 0 fully saturated rings. The van der Waals surface area contributed by atoms with Crippen molar-refractivity contribution in [3.8, 4) is 11.8 Å². The molecule has 0 radical (unpaired) electrons. The quantitative estimate of drug-likeness (QED) is 0.787. The first kappa shape index (κ1) is 11.5. The molecule has 19 heavy (non-hydrogen) atoms. The van der Waals surface area contributed by atoms with Crippen molar-refractivity contribution in [3.05, 3.63) is 23.8 Å². The van der Waals surface area contributed by atoms with Gasteiger partial charge in [-0.25, -0.2) is 0 Å². The number of nitriles is 1. The molecule has 1 atom stereocenters. The lowest BCUT2D eigenvalue weighted by atomic mass is 9.79. The Labute approximate surface area is 108 Å². The molecule has 0 aromatic heterocycles. The lowest BCUT2D eigenvalue weighted by Gasteiger charge is -2.25. The van der Waals surface area contributed by atoms with Crippen LogP contribution in [-0.2, 0) is 15.0 Å². The maximum absolute atomic E-state index is 12.5. The minimum atomic E-state index is -1.80. The first-order chi connectivity index (χ1) is 9.13. The molecule has 0 saturated heterocycles. The number of rotatable bonds is 2. The number of hydrogen-bond acceptors (Lipinski definition) is 4. The molecule has 1 N–H and O–H groups in total. The molecule has 0 spiro atoms. The van der Waals surface area contributed by atoms with Crippen molar-refractivity contribution in [2.24, 2.45) is 0 Å². The monoisotopic (exact) mass is 258 g/mol. The Balaban J connectivity index is 2.31. The summed E-state index contributed by atoms with van der Waals surface area (Å²) in [5.41, 5.74) is -0.950. The highest BCUT2D eigenvalue weighted by atomic mass is 16.5. The van der Waals surface area contributed by atoms with E-state index in [0.717, 1.165) is 0 Å². The summed E-state index contributed by atoms with van der Waals surface area (Å²) < 4.78 is 5.44. The SMILES string of the molecule is N#CCC1(C(=O)O)C(=O)N2CCOc3cccc1c32. The van der Waals surface area contributed by atoms with Crippen LogP contribution in [0.5, 0.6) is 5.75 Å². The molecule has 1 unspecified atom stereocenters. The largest absolute Gasteiger partial charge is 0.490 e. The van der Waals surface area contributed by atoms with E-state index in [0.29, 0.717) is 30.2 Å². The van der Waals surface area contributed by atoms with Gasteiger partial charge in [-0.1, -0.05) is 12.1 Å². The highest BCUT2D eigenvalue weighted by Gasteiger charge is 2.58. The summed E-state index contributed by atoms with van der Waals surface area (Å²) >= 11 is 0. The van der Waals surface area contributed by atoms with Crippen molar-refractivity contribution in [2.45, 2.75) is 11.8 Å². The van der Waals surface area contributed by atoms with Gasteiger partial charge in [-0.05, 0) is 6.07 Å². The number of anilines is 1. The van der Waals surface area contributed by atoms with E-state index >= 15 is 0 Å². The molecule has 0 aliphatic carbocycles. The summed E-state index contributed by atoms with van der Waals surface area (Å²) in [7, 11) is 0. The van der Waals surface area contributed by atoms with Crippen molar-refractivity contribution >= 4 is 17.6 Å². The maximum Gasteiger partial charge on any atom is 0.324 e. The van der Waals surface area contributed by atoms with Crippen LogP contribution < -0.4 is 9.64 Å². The van der Waals surface area contributed by atoms with E-state index in [1.165, 1.54) is 4.90 Å². The fraction of sp³-hybridized carbons (Fsp3) is 0.308. The third kappa shape index (κ3) is 1.24. The summed E-state index contributed by atoms with van der Waals surface area (Å²) in [6.45, 7) is 0.633. The second-order valence-electron chi connectivity index (χ2n) is 4.50. The summed E-state index contributed by atoms with van der Waals surface area (Å²) in [5.74, 6) is -1.34. The Morgan fingerprint density at radius 2 is 2.37 bits per heavy atom. The molecule has 2 aliphatic rings. The van der Waals surface area contributed by atoms with Gasteiger partial charge in [0.1, 0.15) is 12.4 Å². The minimum absolute atomic E-state index is 0.309. The second-order valence-corrected chi connectivity index (χ2v) is 4.50. The average molecular weight is 258 g/mol. The highest BCUT2D eigenvalue weighted by molar-refractivity contribution is 6.21.